The molecule has 1 aromatic rings. The molecule has 0 amide bonds. The minimum absolute atomic E-state index is 0.194. The molecule has 0 saturated heterocycles. The molecular formula is C16H20OS2. The molecule has 102 valence electrons. The zero-order valence-electron chi connectivity index (χ0n) is 11.1. The fourth-order valence-corrected chi connectivity index (χ4v) is 7.43. The van der Waals surface area contributed by atoms with E-state index < -0.39 is 0 Å². The fraction of sp³-hybridized carbons (Fsp3) is 0.688. The second-order valence-corrected chi connectivity index (χ2v) is 9.28. The molecule has 4 aliphatic rings. The molecular weight excluding hydrogens is 272 g/mol. The third-order valence-corrected chi connectivity index (χ3v) is 8.02. The molecule has 1 unspecified atom stereocenters. The lowest BCUT2D eigenvalue weighted by Gasteiger charge is -2.58. The maximum Gasteiger partial charge on any atom is 0.133 e. The van der Waals surface area contributed by atoms with Gasteiger partial charge in [-0.05, 0) is 73.1 Å². The molecule has 0 aliphatic heterocycles. The first-order valence-electron chi connectivity index (χ1n) is 7.43. The number of rotatable bonds is 4. The van der Waals surface area contributed by atoms with Gasteiger partial charge in [0.05, 0.1) is 9.46 Å². The van der Waals surface area contributed by atoms with E-state index in [0.29, 0.717) is 5.41 Å². The molecule has 4 fully saturated rings. The Morgan fingerprint density at radius 2 is 1.84 bits per heavy atom. The Balaban J connectivity index is 1.60. The number of carbonyl (C=O) groups is 1. The van der Waals surface area contributed by atoms with E-state index in [2.05, 4.69) is 17.5 Å². The Bertz CT molecular complexity index is 430. The smallest absolute Gasteiger partial charge is 0.133 e. The summed E-state index contributed by atoms with van der Waals surface area (Å²) in [5.74, 6) is 2.79. The predicted octanol–water partition coefficient (Wildman–Crippen LogP) is 4.62. The van der Waals surface area contributed by atoms with Crippen LogP contribution in [0.5, 0.6) is 0 Å². The molecule has 4 aliphatic carbocycles. The Morgan fingerprint density at radius 1 is 1.21 bits per heavy atom. The standard InChI is InChI=1S/C16H20OS2/c17-10-14(19-15-2-1-3-18-15)16-7-11-4-12(8-16)6-13(5-11)9-16/h1-3,10-14H,4-9H2. The second kappa shape index (κ2) is 4.63. The minimum Gasteiger partial charge on any atom is -0.302 e. The molecule has 5 rings (SSSR count). The molecule has 4 saturated carbocycles. The first-order chi connectivity index (χ1) is 9.27. The minimum atomic E-state index is 0.194. The van der Waals surface area contributed by atoms with Crippen LogP contribution in [-0.2, 0) is 4.79 Å². The van der Waals surface area contributed by atoms with Gasteiger partial charge in [0.25, 0.3) is 0 Å². The lowest BCUT2D eigenvalue weighted by Crippen LogP contribution is -2.51. The zero-order chi connectivity index (χ0) is 12.9. The van der Waals surface area contributed by atoms with Crippen LogP contribution >= 0.6 is 23.1 Å². The van der Waals surface area contributed by atoms with Crippen molar-refractivity contribution in [1.82, 2.24) is 0 Å². The van der Waals surface area contributed by atoms with Crippen molar-refractivity contribution in [3.63, 3.8) is 0 Å². The average molecular weight is 292 g/mol. The van der Waals surface area contributed by atoms with Crippen LogP contribution in [0, 0.1) is 23.2 Å². The number of hydrogen-bond acceptors (Lipinski definition) is 3. The van der Waals surface area contributed by atoms with Crippen LogP contribution in [0.4, 0.5) is 0 Å². The Kier molecular flexibility index (Phi) is 3.03. The Morgan fingerprint density at radius 3 is 2.32 bits per heavy atom. The maximum absolute atomic E-state index is 11.7. The summed E-state index contributed by atoms with van der Waals surface area (Å²) in [6, 6.07) is 4.25. The van der Waals surface area contributed by atoms with E-state index in [1.54, 1.807) is 11.3 Å². The fourth-order valence-electron chi connectivity index (χ4n) is 5.28. The topological polar surface area (TPSA) is 17.1 Å². The highest BCUT2D eigenvalue weighted by Crippen LogP contribution is 2.63. The molecule has 1 atom stereocenters. The number of aldehydes is 1. The van der Waals surface area contributed by atoms with Crippen molar-refractivity contribution in [3.05, 3.63) is 17.5 Å². The van der Waals surface area contributed by atoms with Gasteiger partial charge in [-0.3, -0.25) is 0 Å². The van der Waals surface area contributed by atoms with Crippen LogP contribution < -0.4 is 0 Å². The van der Waals surface area contributed by atoms with Gasteiger partial charge < -0.3 is 4.79 Å². The van der Waals surface area contributed by atoms with Gasteiger partial charge in [-0.1, -0.05) is 6.07 Å². The summed E-state index contributed by atoms with van der Waals surface area (Å²) >= 11 is 3.61. The third-order valence-electron chi connectivity index (χ3n) is 5.55. The van der Waals surface area contributed by atoms with Crippen molar-refractivity contribution < 1.29 is 4.79 Å². The SMILES string of the molecule is O=CC(Sc1cccs1)C12CC3CC(CC(C3)C1)C2. The van der Waals surface area contributed by atoms with Crippen molar-refractivity contribution in [2.24, 2.45) is 23.2 Å². The van der Waals surface area contributed by atoms with Crippen LogP contribution in [0.15, 0.2) is 21.7 Å². The largest absolute Gasteiger partial charge is 0.302 e. The highest BCUT2D eigenvalue weighted by Gasteiger charge is 2.54. The molecule has 1 nitrogen and oxygen atoms in total. The van der Waals surface area contributed by atoms with Gasteiger partial charge in [0.15, 0.2) is 0 Å². The average Bonchev–Trinajstić information content (AvgIpc) is 2.87. The number of carbonyl (C=O) groups excluding carboxylic acids is 1. The van der Waals surface area contributed by atoms with Crippen LogP contribution in [0.1, 0.15) is 38.5 Å². The van der Waals surface area contributed by atoms with E-state index in [-0.39, 0.29) is 5.25 Å². The summed E-state index contributed by atoms with van der Waals surface area (Å²) in [5.41, 5.74) is 0.338. The zero-order valence-corrected chi connectivity index (χ0v) is 12.7. The van der Waals surface area contributed by atoms with Gasteiger partial charge in [0.2, 0.25) is 0 Å². The lowest BCUT2D eigenvalue weighted by molar-refractivity contribution is -0.114. The van der Waals surface area contributed by atoms with E-state index in [9.17, 15) is 4.79 Å². The van der Waals surface area contributed by atoms with E-state index in [4.69, 9.17) is 0 Å². The quantitative estimate of drug-likeness (QED) is 0.595. The maximum atomic E-state index is 11.7. The van der Waals surface area contributed by atoms with Gasteiger partial charge in [0.1, 0.15) is 6.29 Å². The molecule has 1 aromatic heterocycles. The van der Waals surface area contributed by atoms with Crippen molar-refractivity contribution in [2.75, 3.05) is 0 Å². The molecule has 0 aromatic carbocycles. The van der Waals surface area contributed by atoms with Crippen LogP contribution in [0.3, 0.4) is 0 Å². The highest BCUT2D eigenvalue weighted by atomic mass is 32.2. The third kappa shape index (κ3) is 2.09. The van der Waals surface area contributed by atoms with Crippen LogP contribution in [0.2, 0.25) is 0 Å². The van der Waals surface area contributed by atoms with Gasteiger partial charge in [-0.15, -0.1) is 23.1 Å². The summed E-state index contributed by atoms with van der Waals surface area (Å²) in [6.07, 6.45) is 9.58. The molecule has 0 spiro atoms. The van der Waals surface area contributed by atoms with Crippen LogP contribution in [-0.4, -0.2) is 11.5 Å². The normalized spacial score (nSPS) is 41.4. The summed E-state index contributed by atoms with van der Waals surface area (Å²) < 4.78 is 1.31. The Labute approximate surface area is 123 Å². The monoisotopic (exact) mass is 292 g/mol. The molecule has 19 heavy (non-hydrogen) atoms. The molecule has 0 N–H and O–H groups in total. The highest BCUT2D eigenvalue weighted by molar-refractivity contribution is 8.02. The van der Waals surface area contributed by atoms with Crippen molar-refractivity contribution in [3.8, 4) is 0 Å². The predicted molar refractivity (Wildman–Crippen MR) is 80.6 cm³/mol. The van der Waals surface area contributed by atoms with Crippen molar-refractivity contribution in [2.45, 2.75) is 48.0 Å². The molecule has 0 radical (unpaired) electrons. The Hall–Kier alpha value is -0.280. The van der Waals surface area contributed by atoms with Gasteiger partial charge in [0, 0.05) is 0 Å². The van der Waals surface area contributed by atoms with Gasteiger partial charge in [-0.25, -0.2) is 0 Å². The van der Waals surface area contributed by atoms with Crippen molar-refractivity contribution in [1.29, 1.82) is 0 Å². The second-order valence-electron chi connectivity index (χ2n) is 6.89. The summed E-state index contributed by atoms with van der Waals surface area (Å²) in [5, 5.41) is 2.31. The molecule has 1 heterocycles. The van der Waals surface area contributed by atoms with Gasteiger partial charge >= 0.3 is 0 Å². The molecule has 4 bridgehead atoms. The summed E-state index contributed by atoms with van der Waals surface area (Å²) in [4.78, 5) is 11.7. The first kappa shape index (κ1) is 12.5. The number of thioether (sulfide) groups is 1. The summed E-state index contributed by atoms with van der Waals surface area (Å²) in [7, 11) is 0. The first-order valence-corrected chi connectivity index (χ1v) is 9.19. The number of hydrogen-bond donors (Lipinski definition) is 0. The molecule has 3 heteroatoms. The van der Waals surface area contributed by atoms with E-state index in [1.165, 1.54) is 49.0 Å². The van der Waals surface area contributed by atoms with E-state index >= 15 is 0 Å². The van der Waals surface area contributed by atoms with E-state index in [1.807, 2.05) is 11.8 Å². The lowest BCUT2D eigenvalue weighted by atomic mass is 9.49. The van der Waals surface area contributed by atoms with Crippen molar-refractivity contribution >= 4 is 29.4 Å². The van der Waals surface area contributed by atoms with Gasteiger partial charge in [-0.2, -0.15) is 0 Å². The summed E-state index contributed by atoms with van der Waals surface area (Å²) in [6.45, 7) is 0. The van der Waals surface area contributed by atoms with E-state index in [0.717, 1.165) is 17.8 Å². The number of thiophene rings is 1. The van der Waals surface area contributed by atoms with Crippen LogP contribution in [0.25, 0.3) is 0 Å².